The van der Waals surface area contributed by atoms with Gasteiger partial charge in [0.05, 0.1) is 12.8 Å². The summed E-state index contributed by atoms with van der Waals surface area (Å²) in [6.07, 6.45) is 5.77. The minimum absolute atomic E-state index is 0.0755. The number of rotatable bonds is 6. The van der Waals surface area contributed by atoms with Gasteiger partial charge < -0.3 is 9.88 Å². The fourth-order valence-corrected chi connectivity index (χ4v) is 4.38. The van der Waals surface area contributed by atoms with Crippen LogP contribution in [0.4, 0.5) is 0 Å². The maximum Gasteiger partial charge on any atom is 0.237 e. The highest BCUT2D eigenvalue weighted by atomic mass is 32.2. The van der Waals surface area contributed by atoms with Crippen molar-refractivity contribution in [1.82, 2.24) is 14.2 Å². The molecule has 2 heterocycles. The van der Waals surface area contributed by atoms with Crippen molar-refractivity contribution in [2.45, 2.75) is 26.2 Å². The summed E-state index contributed by atoms with van der Waals surface area (Å²) in [6.45, 7) is 3.80. The number of H-pyrrole nitrogens is 1. The molecule has 1 amide bonds. The number of carbonyl (C=O) groups excluding carboxylic acids is 1. The van der Waals surface area contributed by atoms with Gasteiger partial charge in [-0.15, -0.1) is 0 Å². The highest BCUT2D eigenvalue weighted by molar-refractivity contribution is 7.88. The first-order valence-electron chi connectivity index (χ1n) is 9.12. The van der Waals surface area contributed by atoms with Crippen LogP contribution >= 0.6 is 0 Å². The van der Waals surface area contributed by atoms with E-state index in [1.54, 1.807) is 4.90 Å². The standard InChI is InChI=1S/C19H27N3O3S/c1-15-6-5-10-21(13-15)19(23)14-22(26(2,24)25)11-9-16-12-20-18-8-4-3-7-17(16)18/h3-4,7-8,12,15,20H,5-6,9-11,13-14H2,1-2H3. The largest absolute Gasteiger partial charge is 0.361 e. The van der Waals surface area contributed by atoms with Gasteiger partial charge in [-0.05, 0) is 36.8 Å². The van der Waals surface area contributed by atoms with E-state index in [1.807, 2.05) is 30.5 Å². The second-order valence-corrected chi connectivity index (χ2v) is 9.28. The molecule has 0 spiro atoms. The normalized spacial score (nSPS) is 18.6. The summed E-state index contributed by atoms with van der Waals surface area (Å²) in [7, 11) is -3.44. The van der Waals surface area contributed by atoms with Crippen molar-refractivity contribution in [3.63, 3.8) is 0 Å². The topological polar surface area (TPSA) is 73.5 Å². The number of aromatic nitrogens is 1. The van der Waals surface area contributed by atoms with Gasteiger partial charge in [0, 0.05) is 36.7 Å². The molecule has 1 aromatic carbocycles. The van der Waals surface area contributed by atoms with Crippen molar-refractivity contribution in [3.05, 3.63) is 36.0 Å². The summed E-state index contributed by atoms with van der Waals surface area (Å²) in [5.41, 5.74) is 2.10. The Bertz CT molecular complexity index is 875. The van der Waals surface area contributed by atoms with E-state index >= 15 is 0 Å². The number of hydrogen-bond donors (Lipinski definition) is 1. The number of aromatic amines is 1. The Hall–Kier alpha value is -1.86. The van der Waals surface area contributed by atoms with Gasteiger partial charge in [0.2, 0.25) is 15.9 Å². The smallest absolute Gasteiger partial charge is 0.237 e. The Morgan fingerprint density at radius 3 is 2.85 bits per heavy atom. The van der Waals surface area contributed by atoms with E-state index in [0.29, 0.717) is 18.9 Å². The first kappa shape index (κ1) is 18.9. The van der Waals surface area contributed by atoms with Gasteiger partial charge in [-0.2, -0.15) is 4.31 Å². The average molecular weight is 378 g/mol. The third-order valence-corrected chi connectivity index (χ3v) is 6.35. The van der Waals surface area contributed by atoms with Gasteiger partial charge >= 0.3 is 0 Å². The van der Waals surface area contributed by atoms with E-state index in [2.05, 4.69) is 11.9 Å². The molecule has 0 aliphatic carbocycles. The number of nitrogens with one attached hydrogen (secondary N) is 1. The van der Waals surface area contributed by atoms with E-state index in [1.165, 1.54) is 10.6 Å². The molecule has 6 nitrogen and oxygen atoms in total. The molecule has 26 heavy (non-hydrogen) atoms. The molecule has 142 valence electrons. The van der Waals surface area contributed by atoms with Crippen LogP contribution in [0.3, 0.4) is 0 Å². The zero-order valence-electron chi connectivity index (χ0n) is 15.4. The van der Waals surface area contributed by atoms with E-state index < -0.39 is 10.0 Å². The monoisotopic (exact) mass is 377 g/mol. The number of sulfonamides is 1. The summed E-state index contributed by atoms with van der Waals surface area (Å²) >= 11 is 0. The fourth-order valence-electron chi connectivity index (χ4n) is 3.61. The molecule has 1 aliphatic heterocycles. The van der Waals surface area contributed by atoms with Crippen LogP contribution in [0.1, 0.15) is 25.3 Å². The Labute approximate surface area is 155 Å². The van der Waals surface area contributed by atoms with E-state index in [-0.39, 0.29) is 12.5 Å². The summed E-state index contributed by atoms with van der Waals surface area (Å²) in [5, 5.41) is 1.09. The highest BCUT2D eigenvalue weighted by Gasteiger charge is 2.26. The third kappa shape index (κ3) is 4.45. The highest BCUT2D eigenvalue weighted by Crippen LogP contribution is 2.19. The van der Waals surface area contributed by atoms with Gasteiger partial charge in [-0.25, -0.2) is 8.42 Å². The molecular weight excluding hydrogens is 350 g/mol. The molecule has 2 aromatic rings. The Kier molecular flexibility index (Phi) is 5.67. The zero-order valence-corrected chi connectivity index (χ0v) is 16.3. The number of fused-ring (bicyclic) bond motifs is 1. The first-order valence-corrected chi connectivity index (χ1v) is 11.0. The molecule has 1 N–H and O–H groups in total. The van der Waals surface area contributed by atoms with Crippen LogP contribution in [-0.2, 0) is 21.2 Å². The number of amides is 1. The van der Waals surface area contributed by atoms with Crippen LogP contribution in [0, 0.1) is 5.92 Å². The van der Waals surface area contributed by atoms with Gasteiger partial charge in [-0.1, -0.05) is 25.1 Å². The maximum atomic E-state index is 12.6. The first-order chi connectivity index (χ1) is 12.3. The van der Waals surface area contributed by atoms with Crippen molar-refractivity contribution < 1.29 is 13.2 Å². The van der Waals surface area contributed by atoms with E-state index in [9.17, 15) is 13.2 Å². The summed E-state index contributed by atoms with van der Waals surface area (Å²) < 4.78 is 25.7. The van der Waals surface area contributed by atoms with Crippen LogP contribution in [0.15, 0.2) is 30.5 Å². The molecule has 0 bridgehead atoms. The van der Waals surface area contributed by atoms with Crippen molar-refractivity contribution in [3.8, 4) is 0 Å². The lowest BCUT2D eigenvalue weighted by atomic mass is 10.0. The number of para-hydroxylation sites is 1. The molecule has 1 unspecified atom stereocenters. The molecule has 7 heteroatoms. The lowest BCUT2D eigenvalue weighted by molar-refractivity contribution is -0.133. The molecule has 1 fully saturated rings. The van der Waals surface area contributed by atoms with E-state index in [4.69, 9.17) is 0 Å². The minimum Gasteiger partial charge on any atom is -0.361 e. The Morgan fingerprint density at radius 2 is 2.12 bits per heavy atom. The number of piperidine rings is 1. The van der Waals surface area contributed by atoms with Crippen molar-refractivity contribution >= 4 is 26.8 Å². The van der Waals surface area contributed by atoms with Gasteiger partial charge in [0.15, 0.2) is 0 Å². The van der Waals surface area contributed by atoms with Gasteiger partial charge in [-0.3, -0.25) is 4.79 Å². The fraction of sp³-hybridized carbons (Fsp3) is 0.526. The molecule has 1 aliphatic rings. The second kappa shape index (κ2) is 7.80. The molecule has 0 radical (unpaired) electrons. The van der Waals surface area contributed by atoms with Crippen LogP contribution < -0.4 is 0 Å². The lowest BCUT2D eigenvalue weighted by Crippen LogP contribution is -2.46. The Balaban J connectivity index is 1.67. The third-order valence-electron chi connectivity index (χ3n) is 5.10. The van der Waals surface area contributed by atoms with Crippen LogP contribution in [-0.4, -0.2) is 60.9 Å². The van der Waals surface area contributed by atoms with Crippen LogP contribution in [0.2, 0.25) is 0 Å². The minimum atomic E-state index is -3.44. The van der Waals surface area contributed by atoms with Crippen molar-refractivity contribution in [2.24, 2.45) is 5.92 Å². The lowest BCUT2D eigenvalue weighted by Gasteiger charge is -2.32. The van der Waals surface area contributed by atoms with Crippen LogP contribution in [0.5, 0.6) is 0 Å². The number of carbonyl (C=O) groups is 1. The molecule has 0 saturated carbocycles. The molecule has 1 aromatic heterocycles. The van der Waals surface area contributed by atoms with Gasteiger partial charge in [0.1, 0.15) is 0 Å². The summed E-state index contributed by atoms with van der Waals surface area (Å²) in [4.78, 5) is 17.6. The number of benzene rings is 1. The SMILES string of the molecule is CC1CCCN(C(=O)CN(CCc2c[nH]c3ccccc23)S(C)(=O)=O)C1. The zero-order chi connectivity index (χ0) is 18.7. The molecule has 1 saturated heterocycles. The van der Waals surface area contributed by atoms with Crippen LogP contribution in [0.25, 0.3) is 10.9 Å². The summed E-state index contributed by atoms with van der Waals surface area (Å²) in [6, 6.07) is 7.94. The van der Waals surface area contributed by atoms with Crippen molar-refractivity contribution in [2.75, 3.05) is 32.4 Å². The molecule has 1 atom stereocenters. The molecular formula is C19H27N3O3S. The predicted molar refractivity (Wildman–Crippen MR) is 103 cm³/mol. The van der Waals surface area contributed by atoms with E-state index in [0.717, 1.165) is 42.4 Å². The quantitative estimate of drug-likeness (QED) is 0.839. The predicted octanol–water partition coefficient (Wildman–Crippen LogP) is 2.23. The Morgan fingerprint density at radius 1 is 1.35 bits per heavy atom. The summed E-state index contributed by atoms with van der Waals surface area (Å²) in [5.74, 6) is 0.381. The second-order valence-electron chi connectivity index (χ2n) is 7.29. The maximum absolute atomic E-state index is 12.6. The molecule has 3 rings (SSSR count). The average Bonchev–Trinajstić information content (AvgIpc) is 3.00. The van der Waals surface area contributed by atoms with Gasteiger partial charge in [0.25, 0.3) is 0 Å². The number of hydrogen-bond acceptors (Lipinski definition) is 3. The van der Waals surface area contributed by atoms with Crippen molar-refractivity contribution in [1.29, 1.82) is 0 Å². The number of likely N-dealkylation sites (tertiary alicyclic amines) is 1. The number of nitrogens with zero attached hydrogens (tertiary/aromatic N) is 2.